The lowest BCUT2D eigenvalue weighted by atomic mass is 10.0. The first kappa shape index (κ1) is 18.0. The summed E-state index contributed by atoms with van der Waals surface area (Å²) in [6.07, 6.45) is 6.04. The molecule has 1 rings (SSSR count). The maximum Gasteiger partial charge on any atom is 0.325 e. The maximum atomic E-state index is 12.2. The smallest absolute Gasteiger partial charge is 0.325 e. The highest BCUT2D eigenvalue weighted by Gasteiger charge is 2.28. The molecule has 7 nitrogen and oxygen atoms in total. The first-order valence-corrected chi connectivity index (χ1v) is 9.28. The van der Waals surface area contributed by atoms with Crippen LogP contribution in [0, 0.1) is 0 Å². The molecule has 1 heterocycles. The number of aromatic nitrogens is 2. The van der Waals surface area contributed by atoms with Crippen molar-refractivity contribution < 1.29 is 18.3 Å². The lowest BCUT2D eigenvalue weighted by Gasteiger charge is -2.29. The molecule has 0 saturated heterocycles. The van der Waals surface area contributed by atoms with Crippen molar-refractivity contribution in [2.24, 2.45) is 0 Å². The summed E-state index contributed by atoms with van der Waals surface area (Å²) in [5.41, 5.74) is 0. The molecule has 0 fully saturated rings. The van der Waals surface area contributed by atoms with Crippen molar-refractivity contribution in [1.82, 2.24) is 14.5 Å². The Morgan fingerprint density at radius 2 is 2.10 bits per heavy atom. The molecule has 0 spiro atoms. The van der Waals surface area contributed by atoms with Gasteiger partial charge in [0.2, 0.25) is 10.0 Å². The average molecular weight is 335 g/mol. The minimum atomic E-state index is -3.68. The van der Waals surface area contributed by atoms with Gasteiger partial charge in [-0.05, 0) is 19.1 Å². The van der Waals surface area contributed by atoms with Crippen LogP contribution in [0.2, 0.25) is 0 Å². The largest absolute Gasteiger partial charge is 0.480 e. The molecule has 21 heavy (non-hydrogen) atoms. The number of carboxylic acids is 1. The second-order valence-corrected chi connectivity index (χ2v) is 7.73. The summed E-state index contributed by atoms with van der Waals surface area (Å²) in [5.74, 6) is -1.08. The molecule has 0 saturated carbocycles. The van der Waals surface area contributed by atoms with Crippen molar-refractivity contribution in [3.05, 3.63) is 12.4 Å². The number of rotatable bonds is 9. The molecular formula is C12H21N3O4S2. The Morgan fingerprint density at radius 3 is 2.57 bits per heavy atom. The number of carboxylic acid groups (broad SMARTS) is 1. The van der Waals surface area contributed by atoms with Gasteiger partial charge in [0.1, 0.15) is 11.4 Å². The Balaban J connectivity index is 2.82. The summed E-state index contributed by atoms with van der Waals surface area (Å²) in [5, 5.41) is 12.4. The lowest BCUT2D eigenvalue weighted by Crippen LogP contribution is -2.39. The fourth-order valence-corrected chi connectivity index (χ4v) is 3.84. The van der Waals surface area contributed by atoms with Gasteiger partial charge in [-0.15, -0.1) is 0 Å². The number of nitrogens with zero attached hydrogens (tertiary/aromatic N) is 2. The number of aliphatic carboxylic acids is 1. The monoisotopic (exact) mass is 335 g/mol. The van der Waals surface area contributed by atoms with Crippen molar-refractivity contribution in [3.8, 4) is 0 Å². The van der Waals surface area contributed by atoms with Crippen LogP contribution in [-0.2, 0) is 21.4 Å². The molecule has 120 valence electrons. The normalized spacial score (nSPS) is 12.5. The third-order valence-corrected chi connectivity index (χ3v) is 6.47. The SMILES string of the molecule is CCC(CC)(CNS(=O)(=O)c1cnn(CC(=O)O)c1)SC. The van der Waals surface area contributed by atoms with Crippen molar-refractivity contribution in [2.75, 3.05) is 12.8 Å². The molecule has 0 unspecified atom stereocenters. The molecular weight excluding hydrogens is 314 g/mol. The third kappa shape index (κ3) is 4.72. The molecule has 9 heteroatoms. The van der Waals surface area contributed by atoms with Gasteiger partial charge >= 0.3 is 5.97 Å². The first-order chi connectivity index (χ1) is 9.78. The molecule has 0 aliphatic rings. The molecule has 0 amide bonds. The molecule has 0 aromatic carbocycles. The highest BCUT2D eigenvalue weighted by atomic mass is 32.2. The van der Waals surface area contributed by atoms with Crippen molar-refractivity contribution >= 4 is 27.8 Å². The summed E-state index contributed by atoms with van der Waals surface area (Å²) < 4.78 is 27.9. The van der Waals surface area contributed by atoms with Crippen LogP contribution in [0.5, 0.6) is 0 Å². The molecule has 0 radical (unpaired) electrons. The number of thioether (sulfide) groups is 1. The van der Waals surface area contributed by atoms with E-state index in [4.69, 9.17) is 5.11 Å². The highest BCUT2D eigenvalue weighted by molar-refractivity contribution is 8.00. The fraction of sp³-hybridized carbons (Fsp3) is 0.667. The van der Waals surface area contributed by atoms with Crippen LogP contribution >= 0.6 is 11.8 Å². The number of hydrogen-bond donors (Lipinski definition) is 2. The standard InChI is InChI=1S/C12H21N3O4S2/c1-4-12(5-2,20-3)9-14-21(18,19)10-6-13-15(7-10)8-11(16)17/h6-7,14H,4-5,8-9H2,1-3H3,(H,16,17). The molecule has 1 aromatic heterocycles. The van der Waals surface area contributed by atoms with E-state index in [1.54, 1.807) is 11.8 Å². The Hall–Kier alpha value is -1.06. The maximum absolute atomic E-state index is 12.2. The Labute approximate surface area is 129 Å². The van der Waals surface area contributed by atoms with Gasteiger partial charge in [-0.25, -0.2) is 13.1 Å². The van der Waals surface area contributed by atoms with Crippen molar-refractivity contribution in [1.29, 1.82) is 0 Å². The predicted octanol–water partition coefficient (Wildman–Crippen LogP) is 1.17. The van der Waals surface area contributed by atoms with Gasteiger partial charge in [0.05, 0.1) is 6.20 Å². The number of nitrogens with one attached hydrogen (secondary N) is 1. The van der Waals surface area contributed by atoms with E-state index in [1.807, 2.05) is 20.1 Å². The number of carbonyl (C=O) groups is 1. The highest BCUT2D eigenvalue weighted by Crippen LogP contribution is 2.30. The van der Waals surface area contributed by atoms with Crippen LogP contribution in [0.15, 0.2) is 17.3 Å². The van der Waals surface area contributed by atoms with Crippen molar-refractivity contribution in [2.45, 2.75) is 42.9 Å². The Morgan fingerprint density at radius 1 is 1.48 bits per heavy atom. The number of sulfonamides is 1. The number of hydrogen-bond acceptors (Lipinski definition) is 5. The van der Waals surface area contributed by atoms with E-state index in [9.17, 15) is 13.2 Å². The minimum absolute atomic E-state index is 0.0223. The van der Waals surface area contributed by atoms with E-state index in [0.29, 0.717) is 6.54 Å². The summed E-state index contributed by atoms with van der Waals surface area (Å²) in [6.45, 7) is 4.01. The quantitative estimate of drug-likeness (QED) is 0.702. The molecule has 0 aliphatic carbocycles. The zero-order valence-corrected chi connectivity index (χ0v) is 14.0. The Bertz CT molecular complexity index is 571. The first-order valence-electron chi connectivity index (χ1n) is 6.57. The average Bonchev–Trinajstić information content (AvgIpc) is 2.89. The van der Waals surface area contributed by atoms with E-state index < -0.39 is 16.0 Å². The molecule has 0 atom stereocenters. The second kappa shape index (κ2) is 7.28. The van der Waals surface area contributed by atoms with Gasteiger partial charge in [0.15, 0.2) is 0 Å². The molecule has 2 N–H and O–H groups in total. The van der Waals surface area contributed by atoms with Crippen LogP contribution in [0.3, 0.4) is 0 Å². The molecule has 0 bridgehead atoms. The van der Waals surface area contributed by atoms with Crippen LogP contribution in [0.1, 0.15) is 26.7 Å². The lowest BCUT2D eigenvalue weighted by molar-refractivity contribution is -0.137. The topological polar surface area (TPSA) is 101 Å². The van der Waals surface area contributed by atoms with Gasteiger partial charge in [-0.2, -0.15) is 16.9 Å². The van der Waals surface area contributed by atoms with Crippen LogP contribution in [0.25, 0.3) is 0 Å². The van der Waals surface area contributed by atoms with Crippen LogP contribution < -0.4 is 4.72 Å². The minimum Gasteiger partial charge on any atom is -0.480 e. The van der Waals surface area contributed by atoms with E-state index in [0.717, 1.165) is 23.7 Å². The van der Waals surface area contributed by atoms with Gasteiger partial charge < -0.3 is 5.11 Å². The van der Waals surface area contributed by atoms with E-state index >= 15 is 0 Å². The molecule has 1 aromatic rings. The second-order valence-electron chi connectivity index (χ2n) is 4.69. The fourth-order valence-electron chi connectivity index (χ4n) is 1.88. The third-order valence-electron chi connectivity index (χ3n) is 3.52. The summed E-state index contributed by atoms with van der Waals surface area (Å²) >= 11 is 1.64. The summed E-state index contributed by atoms with van der Waals surface area (Å²) in [7, 11) is -3.68. The van der Waals surface area contributed by atoms with Gasteiger partial charge in [0.25, 0.3) is 0 Å². The van der Waals surface area contributed by atoms with E-state index in [-0.39, 0.29) is 16.2 Å². The van der Waals surface area contributed by atoms with Gasteiger partial charge in [-0.3, -0.25) is 9.48 Å². The Kier molecular flexibility index (Phi) is 6.24. The van der Waals surface area contributed by atoms with Gasteiger partial charge in [0, 0.05) is 17.5 Å². The zero-order chi connectivity index (χ0) is 16.1. The van der Waals surface area contributed by atoms with Crippen LogP contribution in [-0.4, -0.2) is 46.8 Å². The van der Waals surface area contributed by atoms with Crippen molar-refractivity contribution in [3.63, 3.8) is 0 Å². The van der Waals surface area contributed by atoms with E-state index in [2.05, 4.69) is 9.82 Å². The predicted molar refractivity (Wildman–Crippen MR) is 81.9 cm³/mol. The van der Waals surface area contributed by atoms with E-state index in [1.165, 1.54) is 6.20 Å². The zero-order valence-electron chi connectivity index (χ0n) is 12.4. The summed E-state index contributed by atoms with van der Waals surface area (Å²) in [6, 6.07) is 0. The summed E-state index contributed by atoms with van der Waals surface area (Å²) in [4.78, 5) is 10.6. The van der Waals surface area contributed by atoms with Gasteiger partial charge in [-0.1, -0.05) is 13.8 Å². The molecule has 0 aliphatic heterocycles. The van der Waals surface area contributed by atoms with Crippen LogP contribution in [0.4, 0.5) is 0 Å².